The highest BCUT2D eigenvalue weighted by Crippen LogP contribution is 2.18. The Morgan fingerprint density at radius 2 is 1.22 bits per heavy atom. The first-order valence-corrected chi connectivity index (χ1v) is 11.4. The Morgan fingerprint density at radius 1 is 0.739 bits per heavy atom. The molecule has 0 N–H and O–H groups in total. The number of unbranched alkanes of at least 4 members (excludes halogenated alkanes) is 11. The lowest BCUT2D eigenvalue weighted by molar-refractivity contribution is -0.119. The quantitative estimate of drug-likeness (QED) is 0.239. The second-order valence-electron chi connectivity index (χ2n) is 7.06. The van der Waals surface area contributed by atoms with Crippen LogP contribution in [0.15, 0.2) is 0 Å². The lowest BCUT2D eigenvalue weighted by Gasteiger charge is -2.10. The van der Waals surface area contributed by atoms with Gasteiger partial charge in [-0.3, -0.25) is 4.79 Å². The molecular formula is C21H42OS. The summed E-state index contributed by atoms with van der Waals surface area (Å²) in [4.78, 5) is 11.6. The predicted octanol–water partition coefficient (Wildman–Crippen LogP) is 7.57. The molecule has 0 radical (unpaired) electrons. The van der Waals surface area contributed by atoms with E-state index in [4.69, 9.17) is 0 Å². The summed E-state index contributed by atoms with van der Waals surface area (Å²) in [7, 11) is 0. The number of carbonyl (C=O) groups excluding carboxylic acids is 1. The Kier molecular flexibility index (Phi) is 18.4. The van der Waals surface area contributed by atoms with Crippen molar-refractivity contribution in [3.63, 3.8) is 0 Å². The van der Waals surface area contributed by atoms with Crippen LogP contribution in [0, 0.1) is 0 Å². The van der Waals surface area contributed by atoms with Gasteiger partial charge in [-0.2, -0.15) is 11.8 Å². The van der Waals surface area contributed by atoms with Gasteiger partial charge in [-0.15, -0.1) is 0 Å². The van der Waals surface area contributed by atoms with Gasteiger partial charge in [-0.05, 0) is 18.6 Å². The van der Waals surface area contributed by atoms with Crippen LogP contribution in [0.25, 0.3) is 0 Å². The number of ketones is 1. The van der Waals surface area contributed by atoms with Gasteiger partial charge in [0.2, 0.25) is 0 Å². The summed E-state index contributed by atoms with van der Waals surface area (Å²) in [5, 5.41) is 0.516. The summed E-state index contributed by atoms with van der Waals surface area (Å²) in [6, 6.07) is 0. The number of rotatable bonds is 18. The smallest absolute Gasteiger partial charge is 0.133 e. The highest BCUT2D eigenvalue weighted by atomic mass is 32.2. The first-order chi connectivity index (χ1) is 11.2. The van der Waals surface area contributed by atoms with Crippen LogP contribution >= 0.6 is 11.8 Å². The third-order valence-electron chi connectivity index (χ3n) is 4.44. The van der Waals surface area contributed by atoms with E-state index in [2.05, 4.69) is 20.8 Å². The van der Waals surface area contributed by atoms with Gasteiger partial charge >= 0.3 is 0 Å². The van der Waals surface area contributed by atoms with Crippen molar-refractivity contribution < 1.29 is 4.79 Å². The van der Waals surface area contributed by atoms with Crippen LogP contribution in [0.1, 0.15) is 117 Å². The zero-order valence-corrected chi connectivity index (χ0v) is 17.0. The van der Waals surface area contributed by atoms with Crippen LogP contribution < -0.4 is 0 Å². The molecule has 138 valence electrons. The van der Waals surface area contributed by atoms with E-state index in [9.17, 15) is 4.79 Å². The van der Waals surface area contributed by atoms with E-state index in [0.29, 0.717) is 11.0 Å². The molecule has 0 saturated carbocycles. The first-order valence-electron chi connectivity index (χ1n) is 10.3. The maximum absolute atomic E-state index is 11.6. The van der Waals surface area contributed by atoms with Gasteiger partial charge in [0.05, 0.1) is 0 Å². The minimum Gasteiger partial charge on any atom is -0.300 e. The summed E-state index contributed by atoms with van der Waals surface area (Å²) < 4.78 is 0. The summed E-state index contributed by atoms with van der Waals surface area (Å²) in [6.45, 7) is 6.58. The number of hydrogen-bond acceptors (Lipinski definition) is 2. The summed E-state index contributed by atoms with van der Waals surface area (Å²) in [5.41, 5.74) is 0. The zero-order valence-electron chi connectivity index (χ0n) is 16.2. The van der Waals surface area contributed by atoms with Crippen molar-refractivity contribution >= 4 is 17.5 Å². The molecule has 0 amide bonds. The zero-order chi connectivity index (χ0) is 17.2. The lowest BCUT2D eigenvalue weighted by Crippen LogP contribution is -2.07. The molecule has 0 heterocycles. The van der Waals surface area contributed by atoms with E-state index >= 15 is 0 Å². The number of Topliss-reactive ketones (excluding diaryl/α,β-unsaturated/α-hetero) is 1. The first kappa shape index (κ1) is 23.0. The summed E-state index contributed by atoms with van der Waals surface area (Å²) in [6.07, 6.45) is 19.5. The molecule has 0 aliphatic carbocycles. The van der Waals surface area contributed by atoms with Gasteiger partial charge < -0.3 is 0 Å². The monoisotopic (exact) mass is 342 g/mol. The highest BCUT2D eigenvalue weighted by molar-refractivity contribution is 7.99. The van der Waals surface area contributed by atoms with Crippen LogP contribution in [0.3, 0.4) is 0 Å². The Balaban J connectivity index is 3.17. The fraction of sp³-hybridized carbons (Fsp3) is 0.952. The average molecular weight is 343 g/mol. The molecule has 1 nitrogen and oxygen atoms in total. The number of carbonyl (C=O) groups is 1. The van der Waals surface area contributed by atoms with Crippen LogP contribution in [-0.4, -0.2) is 16.8 Å². The Morgan fingerprint density at radius 3 is 1.70 bits per heavy atom. The maximum atomic E-state index is 11.6. The molecule has 0 aromatic heterocycles. The molecule has 0 aliphatic rings. The van der Waals surface area contributed by atoms with Crippen LogP contribution in [0.2, 0.25) is 0 Å². The van der Waals surface area contributed by atoms with E-state index in [0.717, 1.165) is 19.3 Å². The van der Waals surface area contributed by atoms with Gasteiger partial charge in [-0.1, -0.05) is 91.4 Å². The molecule has 23 heavy (non-hydrogen) atoms. The molecule has 2 heteroatoms. The molecule has 0 aliphatic heterocycles. The number of thioether (sulfide) groups is 1. The average Bonchev–Trinajstić information content (AvgIpc) is 2.52. The van der Waals surface area contributed by atoms with Gasteiger partial charge in [0.15, 0.2) is 0 Å². The van der Waals surface area contributed by atoms with Gasteiger partial charge in [0.25, 0.3) is 0 Å². The molecule has 0 saturated heterocycles. The lowest BCUT2D eigenvalue weighted by atomic mass is 10.1. The topological polar surface area (TPSA) is 17.1 Å². The van der Waals surface area contributed by atoms with Crippen molar-refractivity contribution in [2.45, 2.75) is 122 Å². The Hall–Kier alpha value is 0.0200. The molecule has 0 fully saturated rings. The van der Waals surface area contributed by atoms with Crippen molar-refractivity contribution in [3.05, 3.63) is 0 Å². The molecule has 0 aromatic rings. The van der Waals surface area contributed by atoms with Crippen LogP contribution in [-0.2, 0) is 4.79 Å². The van der Waals surface area contributed by atoms with E-state index < -0.39 is 0 Å². The van der Waals surface area contributed by atoms with Crippen molar-refractivity contribution in [2.75, 3.05) is 5.75 Å². The predicted molar refractivity (Wildman–Crippen MR) is 108 cm³/mol. The molecule has 1 atom stereocenters. The van der Waals surface area contributed by atoms with Gasteiger partial charge in [0, 0.05) is 18.1 Å². The standard InChI is InChI=1S/C21H42OS/c1-4-6-7-8-9-10-11-12-13-14-15-16-18-23-20(3)19-21(22)17-5-2/h20H,4-19H2,1-3H3. The SMILES string of the molecule is CCCCCCCCCCCCCCSC(C)CC(=O)CCC. The fourth-order valence-electron chi connectivity index (χ4n) is 2.99. The summed E-state index contributed by atoms with van der Waals surface area (Å²) >= 11 is 1.99. The van der Waals surface area contributed by atoms with Gasteiger partial charge in [-0.25, -0.2) is 0 Å². The van der Waals surface area contributed by atoms with E-state index in [1.807, 2.05) is 11.8 Å². The minimum absolute atomic E-state index is 0.446. The molecule has 0 spiro atoms. The van der Waals surface area contributed by atoms with Crippen molar-refractivity contribution in [3.8, 4) is 0 Å². The molecule has 0 bridgehead atoms. The van der Waals surface area contributed by atoms with Crippen molar-refractivity contribution in [1.29, 1.82) is 0 Å². The molecular weight excluding hydrogens is 300 g/mol. The van der Waals surface area contributed by atoms with E-state index in [-0.39, 0.29) is 0 Å². The van der Waals surface area contributed by atoms with E-state index in [1.54, 1.807) is 0 Å². The Bertz CT molecular complexity index is 252. The second-order valence-corrected chi connectivity index (χ2v) is 8.61. The highest BCUT2D eigenvalue weighted by Gasteiger charge is 2.08. The van der Waals surface area contributed by atoms with Crippen molar-refractivity contribution in [2.24, 2.45) is 0 Å². The van der Waals surface area contributed by atoms with Crippen LogP contribution in [0.5, 0.6) is 0 Å². The number of hydrogen-bond donors (Lipinski definition) is 0. The fourth-order valence-corrected chi connectivity index (χ4v) is 4.06. The third-order valence-corrected chi connectivity index (χ3v) is 5.70. The third kappa shape index (κ3) is 18.2. The summed E-state index contributed by atoms with van der Waals surface area (Å²) in [5.74, 6) is 1.68. The Labute approximate surface area is 150 Å². The largest absolute Gasteiger partial charge is 0.300 e. The van der Waals surface area contributed by atoms with Crippen molar-refractivity contribution in [1.82, 2.24) is 0 Å². The second kappa shape index (κ2) is 18.4. The normalized spacial score (nSPS) is 12.5. The van der Waals surface area contributed by atoms with Gasteiger partial charge in [0.1, 0.15) is 5.78 Å². The van der Waals surface area contributed by atoms with E-state index in [1.165, 1.54) is 82.8 Å². The molecule has 1 unspecified atom stereocenters. The molecule has 0 rings (SSSR count). The maximum Gasteiger partial charge on any atom is 0.133 e. The minimum atomic E-state index is 0.446. The molecule has 0 aromatic carbocycles. The van der Waals surface area contributed by atoms with Crippen LogP contribution in [0.4, 0.5) is 0 Å².